The van der Waals surface area contributed by atoms with Gasteiger partial charge in [0.05, 0.1) is 5.69 Å². The van der Waals surface area contributed by atoms with E-state index in [9.17, 15) is 9.59 Å². The molecule has 0 bridgehead atoms. The molecule has 0 saturated heterocycles. The highest BCUT2D eigenvalue weighted by Crippen LogP contribution is 2.41. The Bertz CT molecular complexity index is 937. The summed E-state index contributed by atoms with van der Waals surface area (Å²) in [4.78, 5) is 25.0. The van der Waals surface area contributed by atoms with E-state index in [2.05, 4.69) is 49.4 Å². The van der Waals surface area contributed by atoms with Crippen molar-refractivity contribution < 1.29 is 4.79 Å². The Morgan fingerprint density at radius 3 is 2.64 bits per heavy atom. The first-order chi connectivity index (χ1) is 13.4. The van der Waals surface area contributed by atoms with Crippen molar-refractivity contribution in [3.63, 3.8) is 0 Å². The van der Waals surface area contributed by atoms with E-state index < -0.39 is 0 Å². The number of nitrogens with one attached hydrogen (secondary N) is 1. The van der Waals surface area contributed by atoms with Crippen molar-refractivity contribution in [3.05, 3.63) is 51.9 Å². The van der Waals surface area contributed by atoms with Gasteiger partial charge in [-0.3, -0.25) is 9.59 Å². The van der Waals surface area contributed by atoms with Crippen LogP contribution < -0.4 is 10.9 Å². The van der Waals surface area contributed by atoms with Crippen LogP contribution in [0, 0.1) is 5.92 Å². The highest BCUT2D eigenvalue weighted by Gasteiger charge is 2.27. The number of hydrogen-bond donors (Lipinski definition) is 1. The molecule has 1 amide bonds. The van der Waals surface area contributed by atoms with Crippen molar-refractivity contribution in [3.8, 4) is 11.1 Å². The van der Waals surface area contributed by atoms with Crippen LogP contribution in [0.3, 0.4) is 0 Å². The van der Waals surface area contributed by atoms with Crippen LogP contribution in [0.1, 0.15) is 69.5 Å². The van der Waals surface area contributed by atoms with E-state index in [1.807, 2.05) is 6.07 Å². The van der Waals surface area contributed by atoms with Gasteiger partial charge in [0.2, 0.25) is 5.91 Å². The van der Waals surface area contributed by atoms with Crippen molar-refractivity contribution in [1.29, 1.82) is 0 Å². The molecule has 0 radical (unpaired) electrons. The zero-order valence-corrected chi connectivity index (χ0v) is 16.9. The monoisotopic (exact) mass is 379 g/mol. The van der Waals surface area contributed by atoms with E-state index in [0.29, 0.717) is 11.8 Å². The summed E-state index contributed by atoms with van der Waals surface area (Å²) in [5.41, 5.74) is 3.89. The lowest BCUT2D eigenvalue weighted by Crippen LogP contribution is -2.45. The number of carbonyl (C=O) groups excluding carboxylic acids is 1. The van der Waals surface area contributed by atoms with Crippen molar-refractivity contribution in [2.45, 2.75) is 70.9 Å². The smallest absolute Gasteiger partial charge is 0.267 e. The van der Waals surface area contributed by atoms with E-state index in [0.717, 1.165) is 29.7 Å². The molecule has 5 heteroatoms. The summed E-state index contributed by atoms with van der Waals surface area (Å²) >= 11 is 0. The predicted octanol–water partition coefficient (Wildman–Crippen LogP) is 3.83. The van der Waals surface area contributed by atoms with Gasteiger partial charge in [-0.2, -0.15) is 5.10 Å². The molecule has 1 aromatic carbocycles. The molecule has 2 aliphatic rings. The van der Waals surface area contributed by atoms with Gasteiger partial charge < -0.3 is 5.32 Å². The molecule has 0 spiro atoms. The molecule has 0 unspecified atom stereocenters. The maximum Gasteiger partial charge on any atom is 0.267 e. The van der Waals surface area contributed by atoms with E-state index in [1.165, 1.54) is 23.1 Å². The average molecular weight is 380 g/mol. The van der Waals surface area contributed by atoms with E-state index >= 15 is 0 Å². The van der Waals surface area contributed by atoms with Crippen LogP contribution in [0.15, 0.2) is 35.1 Å². The van der Waals surface area contributed by atoms with Crippen LogP contribution in [-0.4, -0.2) is 21.7 Å². The Kier molecular flexibility index (Phi) is 5.09. The standard InChI is InChI=1S/C23H29N3O2/c1-14(2)23-20(18-6-4-5-17(11-18)16-7-8-16)12-22(28)26(25-23)13-21(27)24-19-9-15(3)10-19/h4-6,11-12,14-16,19H,7-10,13H2,1-3H3,(H,24,27). The van der Waals surface area contributed by atoms with Crippen LogP contribution >= 0.6 is 0 Å². The third kappa shape index (κ3) is 4.03. The van der Waals surface area contributed by atoms with E-state index in [1.54, 1.807) is 6.07 Å². The molecule has 4 rings (SSSR count). The number of benzene rings is 1. The minimum Gasteiger partial charge on any atom is -0.352 e. The summed E-state index contributed by atoms with van der Waals surface area (Å²) in [6.45, 7) is 6.30. The minimum atomic E-state index is -0.228. The van der Waals surface area contributed by atoms with Crippen LogP contribution in [0.2, 0.25) is 0 Å². The molecule has 2 aromatic rings. The molecule has 2 aliphatic carbocycles. The fourth-order valence-electron chi connectivity index (χ4n) is 4.08. The zero-order chi connectivity index (χ0) is 19.8. The van der Waals surface area contributed by atoms with Crippen molar-refractivity contribution >= 4 is 5.91 Å². The summed E-state index contributed by atoms with van der Waals surface area (Å²) in [7, 11) is 0. The SMILES string of the molecule is CC1CC(NC(=O)Cn2nc(C(C)C)c(-c3cccc(C4CC4)c3)cc2=O)C1. The summed E-state index contributed by atoms with van der Waals surface area (Å²) in [6.07, 6.45) is 4.52. The number of amides is 1. The number of nitrogens with zero attached hydrogens (tertiary/aromatic N) is 2. The number of rotatable bonds is 6. The lowest BCUT2D eigenvalue weighted by molar-refractivity contribution is -0.123. The molecule has 2 fully saturated rings. The molecular weight excluding hydrogens is 350 g/mol. The highest BCUT2D eigenvalue weighted by atomic mass is 16.2. The van der Waals surface area contributed by atoms with Crippen LogP contribution in [-0.2, 0) is 11.3 Å². The molecule has 1 heterocycles. The Labute approximate surface area is 166 Å². The Morgan fingerprint density at radius 1 is 1.25 bits per heavy atom. The second-order valence-electron chi connectivity index (χ2n) is 8.83. The van der Waals surface area contributed by atoms with Gasteiger partial charge in [-0.25, -0.2) is 4.68 Å². The van der Waals surface area contributed by atoms with Gasteiger partial charge in [-0.05, 0) is 54.6 Å². The zero-order valence-electron chi connectivity index (χ0n) is 16.9. The van der Waals surface area contributed by atoms with E-state index in [-0.39, 0.29) is 30.0 Å². The maximum absolute atomic E-state index is 12.7. The lowest BCUT2D eigenvalue weighted by atomic mass is 9.82. The summed E-state index contributed by atoms with van der Waals surface area (Å²) in [5.74, 6) is 1.35. The van der Waals surface area contributed by atoms with Gasteiger partial charge in [-0.1, -0.05) is 45.0 Å². The van der Waals surface area contributed by atoms with Crippen molar-refractivity contribution in [2.24, 2.45) is 5.92 Å². The summed E-state index contributed by atoms with van der Waals surface area (Å²) in [6, 6.07) is 10.3. The largest absolute Gasteiger partial charge is 0.352 e. The normalized spacial score (nSPS) is 21.4. The predicted molar refractivity (Wildman–Crippen MR) is 110 cm³/mol. The number of aromatic nitrogens is 2. The second-order valence-corrected chi connectivity index (χ2v) is 8.83. The third-order valence-electron chi connectivity index (χ3n) is 5.85. The maximum atomic E-state index is 12.7. The second kappa shape index (κ2) is 7.53. The molecule has 2 saturated carbocycles. The third-order valence-corrected chi connectivity index (χ3v) is 5.85. The lowest BCUT2D eigenvalue weighted by Gasteiger charge is -2.33. The first kappa shape index (κ1) is 18.9. The molecule has 0 atom stereocenters. The minimum absolute atomic E-state index is 0.0220. The number of carbonyl (C=O) groups is 1. The quantitative estimate of drug-likeness (QED) is 0.830. The van der Waals surface area contributed by atoms with Crippen LogP contribution in [0.5, 0.6) is 0 Å². The molecular formula is C23H29N3O2. The van der Waals surface area contributed by atoms with Gasteiger partial charge in [0.25, 0.3) is 5.56 Å². The number of hydrogen-bond acceptors (Lipinski definition) is 3. The first-order valence-electron chi connectivity index (χ1n) is 10.4. The van der Waals surface area contributed by atoms with Gasteiger partial charge in [0, 0.05) is 17.7 Å². The average Bonchev–Trinajstić information content (AvgIpc) is 3.47. The Morgan fingerprint density at radius 2 is 2.00 bits per heavy atom. The molecule has 1 N–H and O–H groups in total. The van der Waals surface area contributed by atoms with Crippen molar-refractivity contribution in [1.82, 2.24) is 15.1 Å². The fraction of sp³-hybridized carbons (Fsp3) is 0.522. The highest BCUT2D eigenvalue weighted by molar-refractivity contribution is 5.76. The van der Waals surface area contributed by atoms with Gasteiger partial charge in [0.15, 0.2) is 0 Å². The summed E-state index contributed by atoms with van der Waals surface area (Å²) < 4.78 is 1.31. The van der Waals surface area contributed by atoms with E-state index in [4.69, 9.17) is 0 Å². The first-order valence-corrected chi connectivity index (χ1v) is 10.4. The van der Waals surface area contributed by atoms with Crippen LogP contribution in [0.4, 0.5) is 0 Å². The molecule has 5 nitrogen and oxygen atoms in total. The fourth-order valence-corrected chi connectivity index (χ4v) is 4.08. The molecule has 1 aromatic heterocycles. The van der Waals surface area contributed by atoms with Crippen molar-refractivity contribution in [2.75, 3.05) is 0 Å². The van der Waals surface area contributed by atoms with Gasteiger partial charge >= 0.3 is 0 Å². The van der Waals surface area contributed by atoms with Gasteiger partial charge in [0.1, 0.15) is 6.54 Å². The van der Waals surface area contributed by atoms with Crippen LogP contribution in [0.25, 0.3) is 11.1 Å². The molecule has 148 valence electrons. The Hall–Kier alpha value is -2.43. The van der Waals surface area contributed by atoms with Gasteiger partial charge in [-0.15, -0.1) is 0 Å². The topological polar surface area (TPSA) is 64.0 Å². The molecule has 28 heavy (non-hydrogen) atoms. The summed E-state index contributed by atoms with van der Waals surface area (Å²) in [5, 5.41) is 7.59. The molecule has 0 aliphatic heterocycles. The Balaban J connectivity index is 1.60.